The molecule has 74 valence electrons. The fourth-order valence-electron chi connectivity index (χ4n) is 1.53. The normalized spacial score (nSPS) is 20.0. The summed E-state index contributed by atoms with van der Waals surface area (Å²) in [6.45, 7) is 6.54. The summed E-state index contributed by atoms with van der Waals surface area (Å²) >= 11 is 6.24. The molecule has 0 nitrogen and oxygen atoms in total. The molecule has 0 unspecified atom stereocenters. The molecule has 0 aromatic rings. The summed E-state index contributed by atoms with van der Waals surface area (Å²) in [4.78, 5) is 0. The van der Waals surface area contributed by atoms with Crippen LogP contribution in [0.4, 0.5) is 0 Å². The monoisotopic (exact) mass is 198 g/mol. The van der Waals surface area contributed by atoms with Crippen molar-refractivity contribution in [3.63, 3.8) is 0 Å². The van der Waals surface area contributed by atoms with Crippen LogP contribution < -0.4 is 0 Å². The summed E-state index contributed by atoms with van der Waals surface area (Å²) < 4.78 is 0. The zero-order chi connectivity index (χ0) is 9.90. The molecule has 0 saturated heterocycles. The van der Waals surface area contributed by atoms with Crippen molar-refractivity contribution in [1.29, 1.82) is 0 Å². The van der Waals surface area contributed by atoms with Gasteiger partial charge < -0.3 is 0 Å². The van der Waals surface area contributed by atoms with Crippen molar-refractivity contribution in [3.05, 3.63) is 22.8 Å². The fraction of sp³-hybridized carbons (Fsp3) is 0.667. The molecule has 0 fully saturated rings. The van der Waals surface area contributed by atoms with Crippen LogP contribution in [0.3, 0.4) is 0 Å². The lowest BCUT2D eigenvalue weighted by Crippen LogP contribution is -2.01. The van der Waals surface area contributed by atoms with Crippen molar-refractivity contribution in [1.82, 2.24) is 0 Å². The van der Waals surface area contributed by atoms with E-state index in [0.29, 0.717) is 0 Å². The van der Waals surface area contributed by atoms with Gasteiger partial charge in [-0.25, -0.2) is 0 Å². The quantitative estimate of drug-likeness (QED) is 0.575. The van der Waals surface area contributed by atoms with Crippen LogP contribution in [0.2, 0.25) is 0 Å². The molecule has 0 aliphatic heterocycles. The first-order valence-electron chi connectivity index (χ1n) is 5.07. The van der Waals surface area contributed by atoms with E-state index in [9.17, 15) is 0 Å². The summed E-state index contributed by atoms with van der Waals surface area (Å²) in [5, 5.41) is 0.965. The molecule has 0 heterocycles. The van der Waals surface area contributed by atoms with Gasteiger partial charge in [-0.1, -0.05) is 44.5 Å². The Kier molecular flexibility index (Phi) is 3.61. The van der Waals surface area contributed by atoms with E-state index < -0.39 is 0 Å². The maximum absolute atomic E-state index is 6.24. The van der Waals surface area contributed by atoms with Crippen molar-refractivity contribution in [2.24, 2.45) is 5.41 Å². The van der Waals surface area contributed by atoms with E-state index in [2.05, 4.69) is 32.9 Å². The van der Waals surface area contributed by atoms with Gasteiger partial charge in [0.1, 0.15) is 0 Å². The molecular weight excluding hydrogens is 180 g/mol. The molecule has 0 bridgehead atoms. The number of allylic oxidation sites excluding steroid dienone is 4. The zero-order valence-corrected chi connectivity index (χ0v) is 9.62. The number of hydrogen-bond donors (Lipinski definition) is 0. The highest BCUT2D eigenvalue weighted by molar-refractivity contribution is 6.32. The highest BCUT2D eigenvalue weighted by Gasteiger charge is 2.11. The maximum Gasteiger partial charge on any atom is 0.0400 e. The van der Waals surface area contributed by atoms with Crippen molar-refractivity contribution in [2.75, 3.05) is 0 Å². The van der Waals surface area contributed by atoms with Crippen LogP contribution >= 0.6 is 11.6 Å². The highest BCUT2D eigenvalue weighted by Crippen LogP contribution is 2.29. The smallest absolute Gasteiger partial charge is 0.0400 e. The van der Waals surface area contributed by atoms with Crippen molar-refractivity contribution >= 4 is 11.6 Å². The van der Waals surface area contributed by atoms with Gasteiger partial charge in [-0.05, 0) is 36.7 Å². The summed E-state index contributed by atoms with van der Waals surface area (Å²) in [5.74, 6) is 0. The molecule has 1 heteroatoms. The molecular formula is C12H19Cl. The van der Waals surface area contributed by atoms with Gasteiger partial charge in [0.25, 0.3) is 0 Å². The summed E-state index contributed by atoms with van der Waals surface area (Å²) in [5.41, 5.74) is 1.54. The average molecular weight is 199 g/mol. The summed E-state index contributed by atoms with van der Waals surface area (Å²) in [6, 6.07) is 0. The van der Waals surface area contributed by atoms with Gasteiger partial charge >= 0.3 is 0 Å². The van der Waals surface area contributed by atoms with Gasteiger partial charge in [0.05, 0.1) is 0 Å². The van der Waals surface area contributed by atoms with Crippen molar-refractivity contribution < 1.29 is 0 Å². The molecule has 0 aromatic carbocycles. The molecule has 1 aliphatic carbocycles. The van der Waals surface area contributed by atoms with Gasteiger partial charge in [0, 0.05) is 5.03 Å². The van der Waals surface area contributed by atoms with Gasteiger partial charge in [-0.15, -0.1) is 0 Å². The van der Waals surface area contributed by atoms with Gasteiger partial charge in [-0.2, -0.15) is 0 Å². The second-order valence-electron chi connectivity index (χ2n) is 4.83. The number of halogens is 1. The third kappa shape index (κ3) is 3.99. The van der Waals surface area contributed by atoms with E-state index in [1.54, 1.807) is 0 Å². The van der Waals surface area contributed by atoms with Crippen LogP contribution in [0.25, 0.3) is 0 Å². The standard InChI is InChI=1S/C12H19Cl/c1-12(2,3)9-11(13)10-7-5-4-6-8-10/h7,9H,4-6,8H2,1-3H3/b11-9-. The minimum Gasteiger partial charge on any atom is -0.0844 e. The Morgan fingerprint density at radius 2 is 2.08 bits per heavy atom. The van der Waals surface area contributed by atoms with Gasteiger partial charge in [0.15, 0.2) is 0 Å². The van der Waals surface area contributed by atoms with Crippen LogP contribution in [0.15, 0.2) is 22.8 Å². The molecule has 0 amide bonds. The van der Waals surface area contributed by atoms with Crippen LogP contribution in [-0.2, 0) is 0 Å². The van der Waals surface area contributed by atoms with Crippen molar-refractivity contribution in [3.8, 4) is 0 Å². The lowest BCUT2D eigenvalue weighted by molar-refractivity contribution is 0.542. The van der Waals surface area contributed by atoms with E-state index in [1.165, 1.54) is 24.8 Å². The third-order valence-corrected chi connectivity index (χ3v) is 2.51. The molecule has 13 heavy (non-hydrogen) atoms. The van der Waals surface area contributed by atoms with Crippen LogP contribution in [-0.4, -0.2) is 0 Å². The lowest BCUT2D eigenvalue weighted by atomic mass is 9.92. The molecule has 0 spiro atoms. The Labute approximate surface area is 86.7 Å². The minimum absolute atomic E-state index is 0.190. The topological polar surface area (TPSA) is 0 Å². The molecule has 0 N–H and O–H groups in total. The Balaban J connectivity index is 2.71. The fourth-order valence-corrected chi connectivity index (χ4v) is 2.03. The van der Waals surface area contributed by atoms with Crippen molar-refractivity contribution in [2.45, 2.75) is 46.5 Å². The zero-order valence-electron chi connectivity index (χ0n) is 8.86. The highest BCUT2D eigenvalue weighted by atomic mass is 35.5. The predicted molar refractivity (Wildman–Crippen MR) is 59.9 cm³/mol. The van der Waals surface area contributed by atoms with Crippen LogP contribution in [0.5, 0.6) is 0 Å². The molecule has 0 radical (unpaired) electrons. The minimum atomic E-state index is 0.190. The Bertz CT molecular complexity index is 228. The second kappa shape index (κ2) is 4.32. The first kappa shape index (κ1) is 10.8. The second-order valence-corrected chi connectivity index (χ2v) is 5.24. The average Bonchev–Trinajstić information content (AvgIpc) is 2.03. The lowest BCUT2D eigenvalue weighted by Gasteiger charge is -2.17. The molecule has 0 aromatic heterocycles. The Hall–Kier alpha value is -0.230. The van der Waals surface area contributed by atoms with E-state index in [0.717, 1.165) is 11.5 Å². The molecule has 1 rings (SSSR count). The van der Waals surface area contributed by atoms with E-state index in [-0.39, 0.29) is 5.41 Å². The Morgan fingerprint density at radius 1 is 1.38 bits per heavy atom. The van der Waals surface area contributed by atoms with Crippen LogP contribution in [0.1, 0.15) is 46.5 Å². The summed E-state index contributed by atoms with van der Waals surface area (Å²) in [6.07, 6.45) is 9.41. The van der Waals surface area contributed by atoms with E-state index >= 15 is 0 Å². The first-order valence-corrected chi connectivity index (χ1v) is 5.44. The molecule has 1 aliphatic rings. The SMILES string of the molecule is CC(C)(C)/C=C(\Cl)C1=CCCCC1. The third-order valence-electron chi connectivity index (χ3n) is 2.16. The molecule has 0 atom stereocenters. The first-order chi connectivity index (χ1) is 5.99. The number of rotatable bonds is 1. The largest absolute Gasteiger partial charge is 0.0844 e. The van der Waals surface area contributed by atoms with Gasteiger partial charge in [0.2, 0.25) is 0 Å². The van der Waals surface area contributed by atoms with Gasteiger partial charge in [-0.3, -0.25) is 0 Å². The Morgan fingerprint density at radius 3 is 2.54 bits per heavy atom. The maximum atomic E-state index is 6.24. The molecule has 0 saturated carbocycles. The van der Waals surface area contributed by atoms with Crippen LogP contribution in [0, 0.1) is 5.41 Å². The van der Waals surface area contributed by atoms with E-state index in [4.69, 9.17) is 11.6 Å². The number of hydrogen-bond acceptors (Lipinski definition) is 0. The van der Waals surface area contributed by atoms with E-state index in [1.807, 2.05) is 0 Å². The summed E-state index contributed by atoms with van der Waals surface area (Å²) in [7, 11) is 0. The predicted octanol–water partition coefficient (Wildman–Crippen LogP) is 4.66.